The third kappa shape index (κ3) is 4.61. The number of hydrogen-bond donors (Lipinski definition) is 1. The number of hydrogen-bond acceptors (Lipinski definition) is 8. The predicted octanol–water partition coefficient (Wildman–Crippen LogP) is 0.696. The average molecular weight is 372 g/mol. The molecule has 1 N–H and O–H groups in total. The number of nitrogens with one attached hydrogen (secondary N) is 1. The van der Waals surface area contributed by atoms with Gasteiger partial charge in [0.1, 0.15) is 6.26 Å². The van der Waals surface area contributed by atoms with Crippen molar-refractivity contribution in [2.45, 2.75) is 25.5 Å². The van der Waals surface area contributed by atoms with Gasteiger partial charge >= 0.3 is 0 Å². The van der Waals surface area contributed by atoms with Crippen molar-refractivity contribution >= 4 is 11.9 Å². The number of nitrogens with zero attached hydrogens (tertiary/aromatic N) is 5. The molecule has 0 aromatic carbocycles. The number of oxazole rings is 1. The largest absolute Gasteiger partial charge is 0.447 e. The Labute approximate surface area is 157 Å². The number of anilines is 1. The summed E-state index contributed by atoms with van der Waals surface area (Å²) in [5.41, 5.74) is 0.319. The molecule has 0 spiro atoms. The van der Waals surface area contributed by atoms with Crippen molar-refractivity contribution in [3.8, 4) is 0 Å². The van der Waals surface area contributed by atoms with Gasteiger partial charge in [0.15, 0.2) is 5.69 Å². The van der Waals surface area contributed by atoms with Crippen LogP contribution in [-0.4, -0.2) is 71.2 Å². The van der Waals surface area contributed by atoms with Gasteiger partial charge in [-0.2, -0.15) is 0 Å². The molecule has 4 rings (SSSR count). The summed E-state index contributed by atoms with van der Waals surface area (Å²) in [7, 11) is 0. The summed E-state index contributed by atoms with van der Waals surface area (Å²) < 4.78 is 11.0. The summed E-state index contributed by atoms with van der Waals surface area (Å²) in [6, 6.07) is 1.82. The molecule has 2 aliphatic rings. The number of rotatable bonds is 6. The van der Waals surface area contributed by atoms with Gasteiger partial charge in [0.05, 0.1) is 12.6 Å². The zero-order chi connectivity index (χ0) is 18.5. The van der Waals surface area contributed by atoms with Crippen molar-refractivity contribution in [1.29, 1.82) is 0 Å². The van der Waals surface area contributed by atoms with Gasteiger partial charge in [-0.25, -0.2) is 15.0 Å². The van der Waals surface area contributed by atoms with E-state index in [1.807, 2.05) is 6.07 Å². The van der Waals surface area contributed by atoms with Crippen molar-refractivity contribution in [3.63, 3.8) is 0 Å². The highest BCUT2D eigenvalue weighted by molar-refractivity contribution is 5.91. The van der Waals surface area contributed by atoms with Gasteiger partial charge in [-0.1, -0.05) is 0 Å². The molecule has 9 heteroatoms. The lowest BCUT2D eigenvalue weighted by Crippen LogP contribution is -2.46. The van der Waals surface area contributed by atoms with E-state index < -0.39 is 0 Å². The monoisotopic (exact) mass is 372 g/mol. The molecule has 0 saturated carbocycles. The Morgan fingerprint density at radius 1 is 1.22 bits per heavy atom. The normalized spacial score (nSPS) is 20.7. The van der Waals surface area contributed by atoms with Crippen LogP contribution in [0.4, 0.5) is 5.95 Å². The summed E-state index contributed by atoms with van der Waals surface area (Å²) in [6.07, 6.45) is 7.10. The summed E-state index contributed by atoms with van der Waals surface area (Å²) in [4.78, 5) is 29.5. The van der Waals surface area contributed by atoms with E-state index in [1.54, 1.807) is 12.4 Å². The van der Waals surface area contributed by atoms with E-state index >= 15 is 0 Å². The number of ether oxygens (including phenoxy) is 1. The first-order chi connectivity index (χ1) is 13.3. The highest BCUT2D eigenvalue weighted by Gasteiger charge is 2.22. The van der Waals surface area contributed by atoms with Crippen molar-refractivity contribution in [2.75, 3.05) is 44.2 Å². The van der Waals surface area contributed by atoms with Gasteiger partial charge in [-0.3, -0.25) is 9.69 Å². The number of carbonyl (C=O) groups is 1. The first-order valence-electron chi connectivity index (χ1n) is 9.36. The van der Waals surface area contributed by atoms with E-state index in [9.17, 15) is 4.79 Å². The maximum atomic E-state index is 12.2. The maximum absolute atomic E-state index is 12.2. The minimum atomic E-state index is -0.216. The van der Waals surface area contributed by atoms with Crippen LogP contribution in [-0.2, 0) is 11.3 Å². The summed E-state index contributed by atoms with van der Waals surface area (Å²) in [5, 5.41) is 2.86. The molecule has 144 valence electrons. The van der Waals surface area contributed by atoms with E-state index in [4.69, 9.17) is 9.15 Å². The van der Waals surface area contributed by atoms with Crippen molar-refractivity contribution in [2.24, 2.45) is 0 Å². The van der Waals surface area contributed by atoms with Gasteiger partial charge in [-0.15, -0.1) is 0 Å². The third-order valence-electron chi connectivity index (χ3n) is 4.86. The molecule has 27 heavy (non-hydrogen) atoms. The number of carbonyl (C=O) groups excluding carboxylic acids is 1. The molecule has 2 aromatic heterocycles. The van der Waals surface area contributed by atoms with E-state index in [1.165, 1.54) is 6.26 Å². The molecule has 0 aliphatic carbocycles. The lowest BCUT2D eigenvalue weighted by atomic mass is 10.2. The molecule has 0 bridgehead atoms. The zero-order valence-electron chi connectivity index (χ0n) is 15.2. The highest BCUT2D eigenvalue weighted by atomic mass is 16.5. The fourth-order valence-electron chi connectivity index (χ4n) is 3.34. The smallest absolute Gasteiger partial charge is 0.273 e. The van der Waals surface area contributed by atoms with Gasteiger partial charge in [0.2, 0.25) is 11.8 Å². The molecule has 2 aliphatic heterocycles. The second kappa shape index (κ2) is 8.45. The van der Waals surface area contributed by atoms with Crippen LogP contribution in [0.5, 0.6) is 0 Å². The van der Waals surface area contributed by atoms with Gasteiger partial charge < -0.3 is 19.4 Å². The molecule has 0 radical (unpaired) electrons. The van der Waals surface area contributed by atoms with Crippen LogP contribution >= 0.6 is 0 Å². The molecule has 2 aromatic rings. The van der Waals surface area contributed by atoms with Crippen molar-refractivity contribution < 1.29 is 13.9 Å². The van der Waals surface area contributed by atoms with Gasteiger partial charge in [-0.05, 0) is 18.9 Å². The fraction of sp³-hybridized carbons (Fsp3) is 0.556. The molecular formula is C18H24N6O3. The Bertz CT molecular complexity index is 739. The lowest BCUT2D eigenvalue weighted by molar-refractivity contribution is 0.0853. The SMILES string of the molecule is O=C(NCC1CCCO1)c1coc(CN2CCN(c3ncccn3)CC2)n1. The van der Waals surface area contributed by atoms with Crippen LogP contribution in [0.3, 0.4) is 0 Å². The van der Waals surface area contributed by atoms with Crippen LogP contribution < -0.4 is 10.2 Å². The Kier molecular flexibility index (Phi) is 5.59. The highest BCUT2D eigenvalue weighted by Crippen LogP contribution is 2.13. The van der Waals surface area contributed by atoms with Gasteiger partial charge in [0, 0.05) is 51.7 Å². The predicted molar refractivity (Wildman–Crippen MR) is 97.3 cm³/mol. The Morgan fingerprint density at radius 2 is 2.04 bits per heavy atom. The lowest BCUT2D eigenvalue weighted by Gasteiger charge is -2.33. The Hall–Kier alpha value is -2.52. The molecule has 9 nitrogen and oxygen atoms in total. The van der Waals surface area contributed by atoms with E-state index in [-0.39, 0.29) is 12.0 Å². The molecule has 1 atom stereocenters. The fourth-order valence-corrected chi connectivity index (χ4v) is 3.34. The molecule has 1 amide bonds. The quantitative estimate of drug-likeness (QED) is 0.791. The molecular weight excluding hydrogens is 348 g/mol. The Balaban J connectivity index is 1.24. The first-order valence-corrected chi connectivity index (χ1v) is 9.36. The second-order valence-electron chi connectivity index (χ2n) is 6.78. The summed E-state index contributed by atoms with van der Waals surface area (Å²) in [6.45, 7) is 5.30. The topological polar surface area (TPSA) is 96.6 Å². The number of aromatic nitrogens is 3. The van der Waals surface area contributed by atoms with E-state index in [2.05, 4.69) is 30.1 Å². The second-order valence-corrected chi connectivity index (χ2v) is 6.78. The molecule has 2 fully saturated rings. The van der Waals surface area contributed by atoms with Crippen LogP contribution in [0, 0.1) is 0 Å². The maximum Gasteiger partial charge on any atom is 0.273 e. The van der Waals surface area contributed by atoms with Gasteiger partial charge in [0.25, 0.3) is 5.91 Å². The van der Waals surface area contributed by atoms with Crippen LogP contribution in [0.1, 0.15) is 29.2 Å². The minimum absolute atomic E-state index is 0.116. The van der Waals surface area contributed by atoms with Crippen LogP contribution in [0.2, 0.25) is 0 Å². The first kappa shape index (κ1) is 17.9. The Morgan fingerprint density at radius 3 is 2.78 bits per heavy atom. The van der Waals surface area contributed by atoms with Crippen molar-refractivity contribution in [1.82, 2.24) is 25.2 Å². The number of piperazine rings is 1. The third-order valence-corrected chi connectivity index (χ3v) is 4.86. The molecule has 2 saturated heterocycles. The summed E-state index contributed by atoms with van der Waals surface area (Å²) in [5.74, 6) is 1.10. The van der Waals surface area contributed by atoms with Crippen LogP contribution in [0.25, 0.3) is 0 Å². The van der Waals surface area contributed by atoms with E-state index in [0.29, 0.717) is 24.7 Å². The minimum Gasteiger partial charge on any atom is -0.447 e. The number of amides is 1. The summed E-state index contributed by atoms with van der Waals surface area (Å²) >= 11 is 0. The van der Waals surface area contributed by atoms with Crippen molar-refractivity contribution in [3.05, 3.63) is 36.3 Å². The van der Waals surface area contributed by atoms with E-state index in [0.717, 1.165) is 51.6 Å². The molecule has 1 unspecified atom stereocenters. The van der Waals surface area contributed by atoms with Crippen LogP contribution in [0.15, 0.2) is 29.1 Å². The average Bonchev–Trinajstić information content (AvgIpc) is 3.40. The zero-order valence-corrected chi connectivity index (χ0v) is 15.2. The standard InChI is InChI=1S/C18H24N6O3/c25-17(21-11-14-3-1-10-26-14)15-13-27-16(22-15)12-23-6-8-24(9-7-23)18-19-4-2-5-20-18/h2,4-5,13-14H,1,3,6-12H2,(H,21,25). The molecule has 4 heterocycles.